The summed E-state index contributed by atoms with van der Waals surface area (Å²) in [5, 5.41) is 12.3. The predicted molar refractivity (Wildman–Crippen MR) is 89.7 cm³/mol. The van der Waals surface area contributed by atoms with Crippen molar-refractivity contribution in [2.75, 3.05) is 5.32 Å². The van der Waals surface area contributed by atoms with Crippen molar-refractivity contribution in [2.24, 2.45) is 5.41 Å². The number of hydrogen-bond donors (Lipinski definition) is 3. The lowest BCUT2D eigenvalue weighted by molar-refractivity contribution is -0.131. The summed E-state index contributed by atoms with van der Waals surface area (Å²) in [6, 6.07) is 8.67. The number of nitrogens with one attached hydrogen (secondary N) is 3. The van der Waals surface area contributed by atoms with Crippen LogP contribution in [0, 0.1) is 5.41 Å². The Kier molecular flexibility index (Phi) is 4.83. The fourth-order valence-corrected chi connectivity index (χ4v) is 1.91. The highest BCUT2D eigenvalue weighted by atomic mass is 16.2. The van der Waals surface area contributed by atoms with Crippen molar-refractivity contribution in [3.05, 3.63) is 36.5 Å². The first kappa shape index (κ1) is 16.7. The zero-order chi connectivity index (χ0) is 17.0. The number of anilines is 1. The molecule has 23 heavy (non-hydrogen) atoms. The molecule has 2 aromatic rings. The fourth-order valence-electron chi connectivity index (χ4n) is 1.91. The molecule has 0 aliphatic rings. The van der Waals surface area contributed by atoms with E-state index in [4.69, 9.17) is 0 Å². The van der Waals surface area contributed by atoms with Gasteiger partial charge >= 0.3 is 0 Å². The molecule has 0 radical (unpaired) electrons. The maximum absolute atomic E-state index is 12.2. The van der Waals surface area contributed by atoms with E-state index < -0.39 is 11.5 Å². The van der Waals surface area contributed by atoms with Gasteiger partial charge in [0.2, 0.25) is 11.8 Å². The summed E-state index contributed by atoms with van der Waals surface area (Å²) in [5.41, 5.74) is 1.93. The minimum Gasteiger partial charge on any atom is -0.344 e. The van der Waals surface area contributed by atoms with Crippen molar-refractivity contribution in [3.63, 3.8) is 0 Å². The molecule has 2 rings (SSSR count). The van der Waals surface area contributed by atoms with E-state index in [0.29, 0.717) is 5.69 Å². The second-order valence-electron chi connectivity index (χ2n) is 6.49. The molecule has 0 bridgehead atoms. The molecule has 6 nitrogen and oxygen atoms in total. The molecule has 1 unspecified atom stereocenters. The zero-order valence-corrected chi connectivity index (χ0v) is 13.8. The van der Waals surface area contributed by atoms with Gasteiger partial charge in [-0.2, -0.15) is 5.10 Å². The highest BCUT2D eigenvalue weighted by molar-refractivity contribution is 5.97. The van der Waals surface area contributed by atoms with Crippen LogP contribution >= 0.6 is 0 Å². The topological polar surface area (TPSA) is 86.9 Å². The number of amides is 2. The van der Waals surface area contributed by atoms with Crippen LogP contribution in [-0.2, 0) is 9.59 Å². The largest absolute Gasteiger partial charge is 0.344 e. The van der Waals surface area contributed by atoms with E-state index in [9.17, 15) is 9.59 Å². The van der Waals surface area contributed by atoms with Gasteiger partial charge in [0.05, 0.1) is 5.69 Å². The van der Waals surface area contributed by atoms with Gasteiger partial charge in [-0.1, -0.05) is 32.9 Å². The molecule has 1 atom stereocenters. The number of rotatable bonds is 4. The average Bonchev–Trinajstić information content (AvgIpc) is 3.00. The van der Waals surface area contributed by atoms with Gasteiger partial charge in [-0.05, 0) is 25.1 Å². The van der Waals surface area contributed by atoms with Gasteiger partial charge in [0, 0.05) is 22.9 Å². The number of H-pyrrole nitrogens is 1. The van der Waals surface area contributed by atoms with Crippen LogP contribution in [0.2, 0.25) is 0 Å². The molecule has 0 aliphatic heterocycles. The Hall–Kier alpha value is -2.63. The Morgan fingerprint density at radius 3 is 2.57 bits per heavy atom. The van der Waals surface area contributed by atoms with E-state index >= 15 is 0 Å². The summed E-state index contributed by atoms with van der Waals surface area (Å²) in [7, 11) is 0. The van der Waals surface area contributed by atoms with Crippen molar-refractivity contribution in [1.29, 1.82) is 0 Å². The highest BCUT2D eigenvalue weighted by Gasteiger charge is 2.25. The Morgan fingerprint density at radius 2 is 1.96 bits per heavy atom. The zero-order valence-electron chi connectivity index (χ0n) is 13.8. The third kappa shape index (κ3) is 4.42. The van der Waals surface area contributed by atoms with Gasteiger partial charge in [-0.3, -0.25) is 14.7 Å². The third-order valence-corrected chi connectivity index (χ3v) is 3.36. The number of carbonyl (C=O) groups is 2. The molecule has 0 saturated heterocycles. The Bertz CT molecular complexity index is 687. The number of aromatic nitrogens is 2. The van der Waals surface area contributed by atoms with Crippen LogP contribution in [0.25, 0.3) is 11.3 Å². The molecule has 0 spiro atoms. The maximum Gasteiger partial charge on any atom is 0.246 e. The van der Waals surface area contributed by atoms with E-state index in [1.807, 2.05) is 24.3 Å². The predicted octanol–water partition coefficient (Wildman–Crippen LogP) is 2.57. The van der Waals surface area contributed by atoms with Gasteiger partial charge in [-0.25, -0.2) is 0 Å². The third-order valence-electron chi connectivity index (χ3n) is 3.36. The molecule has 0 saturated carbocycles. The van der Waals surface area contributed by atoms with E-state index in [1.54, 1.807) is 40.0 Å². The molecule has 3 N–H and O–H groups in total. The van der Waals surface area contributed by atoms with Gasteiger partial charge in [0.15, 0.2) is 0 Å². The van der Waals surface area contributed by atoms with Gasteiger partial charge in [0.1, 0.15) is 6.04 Å². The smallest absolute Gasteiger partial charge is 0.246 e. The molecular weight excluding hydrogens is 292 g/mol. The quantitative estimate of drug-likeness (QED) is 0.810. The van der Waals surface area contributed by atoms with Crippen molar-refractivity contribution in [1.82, 2.24) is 15.5 Å². The Balaban J connectivity index is 2.03. The number of nitrogens with zero attached hydrogens (tertiary/aromatic N) is 1. The monoisotopic (exact) mass is 314 g/mol. The maximum atomic E-state index is 12.2. The first-order valence-corrected chi connectivity index (χ1v) is 7.49. The molecular formula is C17H22N4O2. The molecule has 2 amide bonds. The number of carbonyl (C=O) groups excluding carboxylic acids is 2. The summed E-state index contributed by atoms with van der Waals surface area (Å²) >= 11 is 0. The second-order valence-corrected chi connectivity index (χ2v) is 6.49. The summed E-state index contributed by atoms with van der Waals surface area (Å²) in [6.45, 7) is 7.08. The SMILES string of the molecule is CC(NC(=O)C(C)(C)C)C(=O)Nc1cccc(-c2ccn[nH]2)c1. The molecule has 122 valence electrons. The van der Waals surface area contributed by atoms with Crippen molar-refractivity contribution < 1.29 is 9.59 Å². The van der Waals surface area contributed by atoms with E-state index in [2.05, 4.69) is 20.8 Å². The molecule has 6 heteroatoms. The second kappa shape index (κ2) is 6.64. The normalized spacial score (nSPS) is 12.5. The van der Waals surface area contributed by atoms with Gasteiger partial charge in [-0.15, -0.1) is 0 Å². The van der Waals surface area contributed by atoms with Crippen LogP contribution < -0.4 is 10.6 Å². The van der Waals surface area contributed by atoms with E-state index in [0.717, 1.165) is 11.3 Å². The van der Waals surface area contributed by atoms with Crippen LogP contribution in [0.15, 0.2) is 36.5 Å². The molecule has 0 fully saturated rings. The highest BCUT2D eigenvalue weighted by Crippen LogP contribution is 2.20. The molecule has 1 aromatic heterocycles. The van der Waals surface area contributed by atoms with Crippen LogP contribution in [0.3, 0.4) is 0 Å². The number of aromatic amines is 1. The van der Waals surface area contributed by atoms with E-state index in [-0.39, 0.29) is 11.8 Å². The van der Waals surface area contributed by atoms with Crippen molar-refractivity contribution in [3.8, 4) is 11.3 Å². The Labute approximate surface area is 135 Å². The van der Waals surface area contributed by atoms with Crippen LogP contribution in [0.4, 0.5) is 5.69 Å². The lowest BCUT2D eigenvalue weighted by Crippen LogP contribution is -2.46. The Morgan fingerprint density at radius 1 is 1.22 bits per heavy atom. The molecule has 1 heterocycles. The minimum atomic E-state index is -0.613. The van der Waals surface area contributed by atoms with E-state index in [1.165, 1.54) is 0 Å². The van der Waals surface area contributed by atoms with Crippen LogP contribution in [0.1, 0.15) is 27.7 Å². The first-order chi connectivity index (χ1) is 10.8. The number of benzene rings is 1. The molecule has 1 aromatic carbocycles. The van der Waals surface area contributed by atoms with Gasteiger partial charge < -0.3 is 10.6 Å². The average molecular weight is 314 g/mol. The summed E-state index contributed by atoms with van der Waals surface area (Å²) in [5.74, 6) is -0.421. The molecule has 0 aliphatic carbocycles. The summed E-state index contributed by atoms with van der Waals surface area (Å²) in [4.78, 5) is 24.2. The standard InChI is InChI=1S/C17H22N4O2/c1-11(19-16(23)17(2,3)4)15(22)20-13-7-5-6-12(10-13)14-8-9-18-21-14/h5-11H,1-4H3,(H,18,21)(H,19,23)(H,20,22). The van der Waals surface area contributed by atoms with Crippen molar-refractivity contribution in [2.45, 2.75) is 33.7 Å². The number of hydrogen-bond acceptors (Lipinski definition) is 3. The fraction of sp³-hybridized carbons (Fsp3) is 0.353. The minimum absolute atomic E-state index is 0.161. The van der Waals surface area contributed by atoms with Crippen LogP contribution in [0.5, 0.6) is 0 Å². The van der Waals surface area contributed by atoms with Crippen LogP contribution in [-0.4, -0.2) is 28.1 Å². The lowest BCUT2D eigenvalue weighted by atomic mass is 9.95. The van der Waals surface area contributed by atoms with Crippen molar-refractivity contribution >= 4 is 17.5 Å². The first-order valence-electron chi connectivity index (χ1n) is 7.49. The lowest BCUT2D eigenvalue weighted by Gasteiger charge is -2.21. The summed E-state index contributed by atoms with van der Waals surface area (Å²) in [6.07, 6.45) is 1.67. The summed E-state index contributed by atoms with van der Waals surface area (Å²) < 4.78 is 0. The van der Waals surface area contributed by atoms with Gasteiger partial charge in [0.25, 0.3) is 0 Å².